The Labute approximate surface area is 75.5 Å². The first-order valence-corrected chi connectivity index (χ1v) is 4.17. The second-order valence-electron chi connectivity index (χ2n) is 2.77. The van der Waals surface area contributed by atoms with Gasteiger partial charge in [-0.2, -0.15) is 0 Å². The molecule has 0 spiro atoms. The lowest BCUT2D eigenvalue weighted by Crippen LogP contribution is -2.57. The summed E-state index contributed by atoms with van der Waals surface area (Å²) in [5.74, 6) is 0. The van der Waals surface area contributed by atoms with Crippen LogP contribution in [-0.4, -0.2) is 51.7 Å². The number of aliphatic hydroxyl groups is 3. The van der Waals surface area contributed by atoms with Gasteiger partial charge >= 0.3 is 0 Å². The van der Waals surface area contributed by atoms with Crippen LogP contribution in [0.15, 0.2) is 0 Å². The number of hydrogen-bond acceptors (Lipinski definition) is 6. The van der Waals surface area contributed by atoms with Gasteiger partial charge in [-0.3, -0.25) is 0 Å². The average molecular weight is 195 g/mol. The zero-order valence-electron chi connectivity index (χ0n) is 6.37. The number of thiol groups is 1. The molecule has 5 nitrogen and oxygen atoms in total. The fourth-order valence-electron chi connectivity index (χ4n) is 1.13. The molecule has 1 aliphatic rings. The van der Waals surface area contributed by atoms with E-state index in [1.807, 2.05) is 0 Å². The Morgan fingerprint density at radius 1 is 1.17 bits per heavy atom. The maximum Gasteiger partial charge on any atom is 0.129 e. The van der Waals surface area contributed by atoms with Gasteiger partial charge in [0.05, 0.1) is 6.10 Å². The molecular weight excluding hydrogens is 182 g/mol. The van der Waals surface area contributed by atoms with Gasteiger partial charge in [0.1, 0.15) is 23.7 Å². The van der Waals surface area contributed by atoms with Gasteiger partial charge in [0.15, 0.2) is 0 Å². The number of nitrogens with two attached hydrogens (primary N) is 1. The Bertz CT molecular complexity index is 154. The van der Waals surface area contributed by atoms with Gasteiger partial charge in [-0.25, -0.2) is 0 Å². The second kappa shape index (κ2) is 3.91. The smallest absolute Gasteiger partial charge is 0.129 e. The van der Waals surface area contributed by atoms with Gasteiger partial charge in [0.2, 0.25) is 0 Å². The molecule has 1 aliphatic heterocycles. The zero-order chi connectivity index (χ0) is 9.30. The highest BCUT2D eigenvalue weighted by Crippen LogP contribution is 2.22. The van der Waals surface area contributed by atoms with Gasteiger partial charge in [-0.15, -0.1) is 12.6 Å². The second-order valence-corrected chi connectivity index (χ2v) is 3.28. The van der Waals surface area contributed by atoms with Crippen LogP contribution in [0.4, 0.5) is 0 Å². The molecule has 5 atom stereocenters. The van der Waals surface area contributed by atoms with Crippen LogP contribution >= 0.6 is 12.6 Å². The van der Waals surface area contributed by atoms with Crippen LogP contribution in [-0.2, 0) is 4.74 Å². The van der Waals surface area contributed by atoms with Crippen molar-refractivity contribution in [1.29, 1.82) is 0 Å². The molecule has 0 aliphatic carbocycles. The highest BCUT2D eigenvalue weighted by Gasteiger charge is 2.41. The summed E-state index contributed by atoms with van der Waals surface area (Å²) in [4.78, 5) is 0. The van der Waals surface area contributed by atoms with Crippen LogP contribution in [0.25, 0.3) is 0 Å². The normalized spacial score (nSPS) is 49.2. The Kier molecular flexibility index (Phi) is 3.33. The first kappa shape index (κ1) is 10.2. The molecule has 0 amide bonds. The Balaban J connectivity index is 2.63. The molecule has 0 aromatic carbocycles. The highest BCUT2D eigenvalue weighted by molar-refractivity contribution is 7.80. The first-order chi connectivity index (χ1) is 5.57. The van der Waals surface area contributed by atoms with Crippen molar-refractivity contribution in [3.05, 3.63) is 0 Å². The van der Waals surface area contributed by atoms with Crippen LogP contribution in [0.3, 0.4) is 0 Å². The van der Waals surface area contributed by atoms with E-state index in [9.17, 15) is 15.3 Å². The van der Waals surface area contributed by atoms with Crippen molar-refractivity contribution in [3.63, 3.8) is 0 Å². The predicted octanol–water partition coefficient (Wildman–Crippen LogP) is -2.32. The number of rotatable bonds is 1. The summed E-state index contributed by atoms with van der Waals surface area (Å²) in [5.41, 5.74) is 4.46. The van der Waals surface area contributed by atoms with E-state index in [4.69, 9.17) is 10.5 Å². The van der Waals surface area contributed by atoms with Gasteiger partial charge < -0.3 is 25.8 Å². The summed E-state index contributed by atoms with van der Waals surface area (Å²) in [5, 5.41) is 27.7. The summed E-state index contributed by atoms with van der Waals surface area (Å²) < 4.78 is 5.01. The fourth-order valence-corrected chi connectivity index (χ4v) is 1.46. The van der Waals surface area contributed by atoms with Crippen molar-refractivity contribution < 1.29 is 20.1 Å². The third-order valence-corrected chi connectivity index (χ3v) is 2.35. The molecule has 5 N–H and O–H groups in total. The van der Waals surface area contributed by atoms with E-state index in [1.165, 1.54) is 0 Å². The van der Waals surface area contributed by atoms with E-state index >= 15 is 0 Å². The van der Waals surface area contributed by atoms with Crippen LogP contribution < -0.4 is 5.73 Å². The molecule has 1 saturated heterocycles. The molecule has 1 rings (SSSR count). The standard InChI is InChI=1S/C6H13NO4S/c7-1-2-3(8)4(9)5(10)6(12)11-2/h2-6,8-10,12H,1,7H2/t2-,3+,4+,5-,6+/m1/s1. The minimum Gasteiger partial charge on any atom is -0.388 e. The Hall–Kier alpha value is 0.150. The zero-order valence-corrected chi connectivity index (χ0v) is 7.26. The van der Waals surface area contributed by atoms with Crippen LogP contribution in [0.2, 0.25) is 0 Å². The molecule has 0 radical (unpaired) electrons. The fraction of sp³-hybridized carbons (Fsp3) is 1.00. The van der Waals surface area contributed by atoms with E-state index < -0.39 is 29.9 Å². The molecule has 0 bridgehead atoms. The maximum atomic E-state index is 9.28. The van der Waals surface area contributed by atoms with Crippen LogP contribution in [0.1, 0.15) is 0 Å². The van der Waals surface area contributed by atoms with Crippen LogP contribution in [0, 0.1) is 0 Å². The van der Waals surface area contributed by atoms with E-state index in [-0.39, 0.29) is 6.54 Å². The molecule has 0 aromatic heterocycles. The third kappa shape index (κ3) is 1.73. The number of hydrogen-bond donors (Lipinski definition) is 5. The van der Waals surface area contributed by atoms with Crippen LogP contribution in [0.5, 0.6) is 0 Å². The van der Waals surface area contributed by atoms with E-state index in [1.54, 1.807) is 0 Å². The SMILES string of the molecule is NC[C@H]1O[C@@H](S)[C@H](O)[C@@H](O)[C@H]1O. The topological polar surface area (TPSA) is 95.9 Å². The lowest BCUT2D eigenvalue weighted by Gasteiger charge is -2.38. The minimum absolute atomic E-state index is 0.0853. The van der Waals surface area contributed by atoms with Crippen molar-refractivity contribution in [3.8, 4) is 0 Å². The molecule has 0 aromatic rings. The summed E-state index contributed by atoms with van der Waals surface area (Å²) >= 11 is 3.87. The van der Waals surface area contributed by atoms with Gasteiger partial charge in [-0.1, -0.05) is 0 Å². The van der Waals surface area contributed by atoms with E-state index in [0.717, 1.165) is 0 Å². The van der Waals surface area contributed by atoms with Gasteiger partial charge in [0, 0.05) is 6.54 Å². The summed E-state index contributed by atoms with van der Waals surface area (Å²) in [6, 6.07) is 0. The van der Waals surface area contributed by atoms with Crippen molar-refractivity contribution >= 4 is 12.6 Å². The quantitative estimate of drug-likeness (QED) is 0.303. The molecule has 12 heavy (non-hydrogen) atoms. The Morgan fingerprint density at radius 3 is 2.25 bits per heavy atom. The van der Waals surface area contributed by atoms with Crippen molar-refractivity contribution in [1.82, 2.24) is 0 Å². The summed E-state index contributed by atoms with van der Waals surface area (Å²) in [7, 11) is 0. The largest absolute Gasteiger partial charge is 0.388 e. The molecular formula is C6H13NO4S. The lowest BCUT2D eigenvalue weighted by atomic mass is 10.0. The van der Waals surface area contributed by atoms with Crippen molar-refractivity contribution in [2.45, 2.75) is 29.9 Å². The molecule has 72 valence electrons. The lowest BCUT2D eigenvalue weighted by molar-refractivity contribution is -0.194. The minimum atomic E-state index is -1.24. The van der Waals surface area contributed by atoms with Crippen molar-refractivity contribution in [2.24, 2.45) is 5.73 Å². The molecule has 1 heterocycles. The molecule has 0 unspecified atom stereocenters. The predicted molar refractivity (Wildman–Crippen MR) is 44.7 cm³/mol. The number of aliphatic hydroxyl groups excluding tert-OH is 3. The average Bonchev–Trinajstić information content (AvgIpc) is 2.08. The first-order valence-electron chi connectivity index (χ1n) is 3.65. The summed E-state index contributed by atoms with van der Waals surface area (Å²) in [6.07, 6.45) is -4.22. The van der Waals surface area contributed by atoms with E-state index in [0.29, 0.717) is 0 Å². The number of ether oxygens (including phenoxy) is 1. The maximum absolute atomic E-state index is 9.28. The van der Waals surface area contributed by atoms with Gasteiger partial charge in [-0.05, 0) is 0 Å². The Morgan fingerprint density at radius 2 is 1.75 bits per heavy atom. The highest BCUT2D eigenvalue weighted by atomic mass is 32.1. The molecule has 1 fully saturated rings. The summed E-state index contributed by atoms with van der Waals surface area (Å²) in [6.45, 7) is 0.0853. The third-order valence-electron chi connectivity index (χ3n) is 1.92. The van der Waals surface area contributed by atoms with Crippen molar-refractivity contribution in [2.75, 3.05) is 6.54 Å². The molecule has 6 heteroatoms. The van der Waals surface area contributed by atoms with E-state index in [2.05, 4.69) is 12.6 Å². The monoisotopic (exact) mass is 195 g/mol. The molecule has 0 saturated carbocycles. The van der Waals surface area contributed by atoms with Gasteiger partial charge in [0.25, 0.3) is 0 Å².